The van der Waals surface area contributed by atoms with E-state index in [0.29, 0.717) is 25.6 Å². The van der Waals surface area contributed by atoms with Crippen LogP contribution in [0, 0.1) is 6.92 Å². The third kappa shape index (κ3) is 2.73. The van der Waals surface area contributed by atoms with E-state index in [1.165, 1.54) is 6.07 Å². The quantitative estimate of drug-likeness (QED) is 0.847. The van der Waals surface area contributed by atoms with Crippen molar-refractivity contribution in [3.8, 4) is 0 Å². The Hall–Kier alpha value is -2.41. The number of ether oxygens (including phenoxy) is 1. The number of carbonyl (C=O) groups is 1. The summed E-state index contributed by atoms with van der Waals surface area (Å²) < 4.78 is 5.46. The van der Waals surface area contributed by atoms with Gasteiger partial charge in [-0.2, -0.15) is 0 Å². The lowest BCUT2D eigenvalue weighted by Gasteiger charge is -2.34. The van der Waals surface area contributed by atoms with Crippen LogP contribution in [0.5, 0.6) is 0 Å². The second kappa shape index (κ2) is 5.53. The molecular formula is C14H16N4O3. The first kappa shape index (κ1) is 13.6. The number of nitrogens with one attached hydrogen (secondary N) is 2. The van der Waals surface area contributed by atoms with Gasteiger partial charge in [0.25, 0.3) is 5.91 Å². The predicted molar refractivity (Wildman–Crippen MR) is 75.0 cm³/mol. The molecule has 7 heteroatoms. The van der Waals surface area contributed by atoms with Gasteiger partial charge in [-0.05, 0) is 13.0 Å². The summed E-state index contributed by atoms with van der Waals surface area (Å²) in [4.78, 5) is 35.6. The third-order valence-electron chi connectivity index (χ3n) is 3.43. The molecule has 2 N–H and O–H groups in total. The molecule has 0 aromatic carbocycles. The van der Waals surface area contributed by atoms with Crippen molar-refractivity contribution in [3.05, 3.63) is 52.0 Å². The third-order valence-corrected chi connectivity index (χ3v) is 3.43. The van der Waals surface area contributed by atoms with Crippen LogP contribution < -0.4 is 5.56 Å². The molecule has 1 aliphatic heterocycles. The summed E-state index contributed by atoms with van der Waals surface area (Å²) in [5.74, 6) is 0.467. The van der Waals surface area contributed by atoms with Crippen molar-refractivity contribution in [3.63, 3.8) is 0 Å². The fraction of sp³-hybridized carbons (Fsp3) is 0.357. The van der Waals surface area contributed by atoms with Crippen molar-refractivity contribution < 1.29 is 9.53 Å². The Kier molecular flexibility index (Phi) is 3.57. The lowest BCUT2D eigenvalue weighted by molar-refractivity contribution is -0.00532. The molecule has 2 aromatic heterocycles. The van der Waals surface area contributed by atoms with Crippen LogP contribution in [0.4, 0.5) is 0 Å². The van der Waals surface area contributed by atoms with Gasteiger partial charge in [0.15, 0.2) is 0 Å². The number of rotatable bonds is 2. The van der Waals surface area contributed by atoms with E-state index in [9.17, 15) is 9.59 Å². The topological polar surface area (TPSA) is 91.1 Å². The maximum atomic E-state index is 12.6. The molecule has 0 radical (unpaired) electrons. The monoisotopic (exact) mass is 288 g/mol. The van der Waals surface area contributed by atoms with E-state index in [1.54, 1.807) is 23.2 Å². The largest absolute Gasteiger partial charge is 0.377 e. The number of aromatic amines is 2. The van der Waals surface area contributed by atoms with Crippen LogP contribution in [0.15, 0.2) is 29.2 Å². The molecule has 1 amide bonds. The number of nitrogens with zero attached hydrogens (tertiary/aromatic N) is 2. The summed E-state index contributed by atoms with van der Waals surface area (Å²) in [6.45, 7) is 3.22. The highest BCUT2D eigenvalue weighted by molar-refractivity contribution is 5.92. The van der Waals surface area contributed by atoms with E-state index in [0.717, 1.165) is 5.69 Å². The van der Waals surface area contributed by atoms with Gasteiger partial charge in [0.2, 0.25) is 5.56 Å². The molecule has 1 atom stereocenters. The molecule has 21 heavy (non-hydrogen) atoms. The fourth-order valence-corrected chi connectivity index (χ4v) is 2.40. The average Bonchev–Trinajstić information content (AvgIpc) is 2.93. The molecule has 0 bridgehead atoms. The summed E-state index contributed by atoms with van der Waals surface area (Å²) in [6, 6.07) is 4.27. The molecule has 3 rings (SSSR count). The smallest absolute Gasteiger partial charge is 0.271 e. The van der Waals surface area contributed by atoms with E-state index in [2.05, 4.69) is 15.0 Å². The highest BCUT2D eigenvalue weighted by Gasteiger charge is 2.31. The summed E-state index contributed by atoms with van der Waals surface area (Å²) in [6.07, 6.45) is 1.72. The Morgan fingerprint density at radius 1 is 1.43 bits per heavy atom. The number of pyridine rings is 1. The molecule has 1 aliphatic rings. The number of morpholine rings is 1. The number of aryl methyl sites for hydroxylation is 1. The van der Waals surface area contributed by atoms with Gasteiger partial charge in [-0.25, -0.2) is 4.98 Å². The lowest BCUT2D eigenvalue weighted by Crippen LogP contribution is -2.44. The first-order valence-electron chi connectivity index (χ1n) is 6.75. The molecular weight excluding hydrogens is 272 g/mol. The van der Waals surface area contributed by atoms with Crippen LogP contribution in [0.2, 0.25) is 0 Å². The summed E-state index contributed by atoms with van der Waals surface area (Å²) in [7, 11) is 0. The zero-order valence-corrected chi connectivity index (χ0v) is 11.6. The number of aromatic nitrogens is 3. The molecule has 1 fully saturated rings. The highest BCUT2D eigenvalue weighted by atomic mass is 16.5. The molecule has 7 nitrogen and oxygen atoms in total. The highest BCUT2D eigenvalue weighted by Crippen LogP contribution is 2.23. The van der Waals surface area contributed by atoms with Crippen molar-refractivity contribution in [2.45, 2.75) is 13.0 Å². The van der Waals surface area contributed by atoms with Gasteiger partial charge >= 0.3 is 0 Å². The van der Waals surface area contributed by atoms with Gasteiger partial charge in [0.1, 0.15) is 17.6 Å². The van der Waals surface area contributed by atoms with Crippen LogP contribution in [-0.2, 0) is 4.74 Å². The van der Waals surface area contributed by atoms with Gasteiger partial charge in [-0.3, -0.25) is 9.59 Å². The van der Waals surface area contributed by atoms with Crippen LogP contribution in [-0.4, -0.2) is 45.5 Å². The van der Waals surface area contributed by atoms with Crippen LogP contribution in [0.1, 0.15) is 28.0 Å². The van der Waals surface area contributed by atoms with Crippen LogP contribution >= 0.6 is 0 Å². The molecule has 2 aromatic rings. The molecule has 0 unspecified atom stereocenters. The molecule has 0 spiro atoms. The van der Waals surface area contributed by atoms with Gasteiger partial charge in [-0.1, -0.05) is 6.07 Å². The van der Waals surface area contributed by atoms with Crippen LogP contribution in [0.3, 0.4) is 0 Å². The molecule has 3 heterocycles. The van der Waals surface area contributed by atoms with Crippen molar-refractivity contribution in [1.29, 1.82) is 0 Å². The van der Waals surface area contributed by atoms with Gasteiger partial charge in [-0.15, -0.1) is 0 Å². The first-order valence-corrected chi connectivity index (χ1v) is 6.75. The molecule has 0 aliphatic carbocycles. The summed E-state index contributed by atoms with van der Waals surface area (Å²) >= 11 is 0. The second-order valence-electron chi connectivity index (χ2n) is 4.97. The molecule has 110 valence electrons. The standard InChI is InChI=1S/C14H16N4O3/c1-9-7-15-13(16-9)11-8-21-6-5-18(11)14(20)10-3-2-4-12(19)17-10/h2-4,7,11H,5-6,8H2,1H3,(H,15,16)(H,17,19)/t11-/m1/s1. The Morgan fingerprint density at radius 3 is 3.00 bits per heavy atom. The molecule has 0 saturated carbocycles. The van der Waals surface area contributed by atoms with E-state index in [-0.39, 0.29) is 23.2 Å². The summed E-state index contributed by atoms with van der Waals surface area (Å²) in [5.41, 5.74) is 0.910. The zero-order valence-electron chi connectivity index (χ0n) is 11.6. The number of amides is 1. The summed E-state index contributed by atoms with van der Waals surface area (Å²) in [5, 5.41) is 0. The minimum Gasteiger partial charge on any atom is -0.377 e. The first-order chi connectivity index (χ1) is 10.1. The normalized spacial score (nSPS) is 18.7. The van der Waals surface area contributed by atoms with Gasteiger partial charge < -0.3 is 19.6 Å². The van der Waals surface area contributed by atoms with Crippen molar-refractivity contribution >= 4 is 5.91 Å². The number of H-pyrrole nitrogens is 2. The Bertz CT molecular complexity index is 706. The Labute approximate surface area is 121 Å². The minimum absolute atomic E-state index is 0.227. The van der Waals surface area contributed by atoms with E-state index in [4.69, 9.17) is 4.74 Å². The number of carbonyl (C=O) groups excluding carboxylic acids is 1. The maximum Gasteiger partial charge on any atom is 0.271 e. The van der Waals surface area contributed by atoms with Gasteiger partial charge in [0, 0.05) is 24.5 Å². The number of hydrogen-bond donors (Lipinski definition) is 2. The van der Waals surface area contributed by atoms with E-state index in [1.807, 2.05) is 6.92 Å². The fourth-order valence-electron chi connectivity index (χ4n) is 2.40. The van der Waals surface area contributed by atoms with Crippen molar-refractivity contribution in [2.75, 3.05) is 19.8 Å². The number of hydrogen-bond acceptors (Lipinski definition) is 4. The maximum absolute atomic E-state index is 12.6. The second-order valence-corrected chi connectivity index (χ2v) is 4.97. The SMILES string of the molecule is Cc1cnc([C@H]2COCCN2C(=O)c2cccc(=O)[nH]2)[nH]1. The minimum atomic E-state index is -0.292. The Balaban J connectivity index is 1.90. The number of imidazole rings is 1. The van der Waals surface area contributed by atoms with Crippen molar-refractivity contribution in [1.82, 2.24) is 19.9 Å². The van der Waals surface area contributed by atoms with Crippen molar-refractivity contribution in [2.24, 2.45) is 0 Å². The lowest BCUT2D eigenvalue weighted by atomic mass is 10.2. The average molecular weight is 288 g/mol. The van der Waals surface area contributed by atoms with E-state index < -0.39 is 0 Å². The zero-order chi connectivity index (χ0) is 14.8. The molecule has 1 saturated heterocycles. The van der Waals surface area contributed by atoms with Crippen LogP contribution in [0.25, 0.3) is 0 Å². The predicted octanol–water partition coefficient (Wildman–Crippen LogP) is 0.620. The van der Waals surface area contributed by atoms with E-state index >= 15 is 0 Å². The Morgan fingerprint density at radius 2 is 2.29 bits per heavy atom. The van der Waals surface area contributed by atoms with Gasteiger partial charge in [0.05, 0.1) is 13.2 Å².